The molecule has 0 heterocycles. The predicted molar refractivity (Wildman–Crippen MR) is 96.8 cm³/mol. The maximum absolute atomic E-state index is 11.7. The first-order chi connectivity index (χ1) is 12.2. The van der Waals surface area contributed by atoms with Crippen LogP contribution in [0.1, 0.15) is 20.8 Å². The number of ether oxygens (including phenoxy) is 2. The topological polar surface area (TPSA) is 93.7 Å². The van der Waals surface area contributed by atoms with Crippen LogP contribution in [-0.2, 0) is 14.3 Å². The second kappa shape index (κ2) is 8.33. The molecular formula is C19H22N2O5. The third-order valence-electron chi connectivity index (χ3n) is 3.18. The highest BCUT2D eigenvalue weighted by Crippen LogP contribution is 2.20. The second-order valence-electron chi connectivity index (χ2n) is 6.71. The normalized spacial score (nSPS) is 10.9. The van der Waals surface area contributed by atoms with Crippen molar-refractivity contribution < 1.29 is 23.9 Å². The number of carbonyl (C=O) groups excluding carboxylic acids is 3. The number of amides is 3. The zero-order chi connectivity index (χ0) is 19.2. The van der Waals surface area contributed by atoms with Crippen LogP contribution in [0.15, 0.2) is 42.5 Å². The number of nitrogens with one attached hydrogen (secondary N) is 2. The van der Waals surface area contributed by atoms with E-state index >= 15 is 0 Å². The molecule has 2 N–H and O–H groups in total. The Hall–Kier alpha value is -3.09. The van der Waals surface area contributed by atoms with E-state index in [-0.39, 0.29) is 6.61 Å². The van der Waals surface area contributed by atoms with E-state index in [1.807, 2.05) is 36.4 Å². The van der Waals surface area contributed by atoms with Crippen LogP contribution in [0.25, 0.3) is 10.8 Å². The van der Waals surface area contributed by atoms with Gasteiger partial charge in [-0.15, -0.1) is 0 Å². The van der Waals surface area contributed by atoms with Crippen molar-refractivity contribution in [3.05, 3.63) is 42.5 Å². The molecule has 0 fully saturated rings. The summed E-state index contributed by atoms with van der Waals surface area (Å²) in [7, 11) is 0. The highest BCUT2D eigenvalue weighted by atomic mass is 16.6. The van der Waals surface area contributed by atoms with Gasteiger partial charge in [-0.25, -0.2) is 9.59 Å². The largest absolute Gasteiger partial charge is 0.482 e. The molecule has 0 aliphatic carbocycles. The third-order valence-corrected chi connectivity index (χ3v) is 3.18. The Labute approximate surface area is 151 Å². The summed E-state index contributed by atoms with van der Waals surface area (Å²) in [4.78, 5) is 34.8. The Bertz CT molecular complexity index is 811. The third kappa shape index (κ3) is 6.43. The SMILES string of the molecule is CC(C)(C)NC(=O)NC(=O)COC(=O)COc1ccc2ccccc2c1. The van der Waals surface area contributed by atoms with Crippen LogP contribution in [0.5, 0.6) is 5.75 Å². The van der Waals surface area contributed by atoms with Gasteiger partial charge < -0.3 is 14.8 Å². The van der Waals surface area contributed by atoms with E-state index in [4.69, 9.17) is 9.47 Å². The first-order valence-corrected chi connectivity index (χ1v) is 8.12. The van der Waals surface area contributed by atoms with Crippen LogP contribution in [0.3, 0.4) is 0 Å². The van der Waals surface area contributed by atoms with Crippen molar-refractivity contribution in [2.24, 2.45) is 0 Å². The molecule has 2 aromatic rings. The molecule has 138 valence electrons. The van der Waals surface area contributed by atoms with Crippen molar-refractivity contribution in [3.63, 3.8) is 0 Å². The molecule has 7 heteroatoms. The summed E-state index contributed by atoms with van der Waals surface area (Å²) < 4.78 is 10.2. The molecule has 0 saturated heterocycles. The van der Waals surface area contributed by atoms with Crippen molar-refractivity contribution in [2.75, 3.05) is 13.2 Å². The number of hydrogen-bond donors (Lipinski definition) is 2. The lowest BCUT2D eigenvalue weighted by atomic mass is 10.1. The Kier molecular flexibility index (Phi) is 6.16. The molecular weight excluding hydrogens is 336 g/mol. The molecule has 0 aliphatic rings. The summed E-state index contributed by atoms with van der Waals surface area (Å²) >= 11 is 0. The highest BCUT2D eigenvalue weighted by Gasteiger charge is 2.16. The lowest BCUT2D eigenvalue weighted by Crippen LogP contribution is -2.49. The summed E-state index contributed by atoms with van der Waals surface area (Å²) in [5, 5.41) is 6.69. The predicted octanol–water partition coefficient (Wildman–Crippen LogP) is 2.39. The van der Waals surface area contributed by atoms with E-state index in [0.717, 1.165) is 10.8 Å². The summed E-state index contributed by atoms with van der Waals surface area (Å²) in [6.07, 6.45) is 0. The first-order valence-electron chi connectivity index (χ1n) is 8.12. The summed E-state index contributed by atoms with van der Waals surface area (Å²) in [6, 6.07) is 12.6. The lowest BCUT2D eigenvalue weighted by molar-refractivity contribution is -0.150. The van der Waals surface area contributed by atoms with E-state index in [9.17, 15) is 14.4 Å². The Balaban J connectivity index is 1.74. The first kappa shape index (κ1) is 19.2. The molecule has 0 aliphatic heterocycles. The molecule has 0 spiro atoms. The average molecular weight is 358 g/mol. The van der Waals surface area contributed by atoms with Crippen LogP contribution >= 0.6 is 0 Å². The van der Waals surface area contributed by atoms with E-state index in [1.165, 1.54) is 0 Å². The van der Waals surface area contributed by atoms with Gasteiger partial charge in [-0.1, -0.05) is 30.3 Å². The molecule has 26 heavy (non-hydrogen) atoms. The number of urea groups is 1. The van der Waals surface area contributed by atoms with E-state index in [1.54, 1.807) is 26.8 Å². The van der Waals surface area contributed by atoms with E-state index < -0.39 is 30.1 Å². The fourth-order valence-corrected chi connectivity index (χ4v) is 2.12. The van der Waals surface area contributed by atoms with Gasteiger partial charge in [0.15, 0.2) is 13.2 Å². The van der Waals surface area contributed by atoms with Gasteiger partial charge in [-0.05, 0) is 43.7 Å². The van der Waals surface area contributed by atoms with Gasteiger partial charge >= 0.3 is 12.0 Å². The minimum absolute atomic E-state index is 0.334. The number of carbonyl (C=O) groups is 3. The molecule has 0 aromatic heterocycles. The van der Waals surface area contributed by atoms with E-state index in [0.29, 0.717) is 5.75 Å². The van der Waals surface area contributed by atoms with Gasteiger partial charge in [0.25, 0.3) is 5.91 Å². The molecule has 0 atom stereocenters. The van der Waals surface area contributed by atoms with Gasteiger partial charge in [0, 0.05) is 5.54 Å². The van der Waals surface area contributed by atoms with Crippen LogP contribution in [0.4, 0.5) is 4.79 Å². The molecule has 2 rings (SSSR count). The molecule has 0 radical (unpaired) electrons. The molecule has 0 saturated carbocycles. The van der Waals surface area contributed by atoms with Gasteiger partial charge in [0.2, 0.25) is 0 Å². The minimum Gasteiger partial charge on any atom is -0.482 e. The summed E-state index contributed by atoms with van der Waals surface area (Å²) in [5.74, 6) is -0.898. The van der Waals surface area contributed by atoms with Gasteiger partial charge in [0.1, 0.15) is 5.75 Å². The lowest BCUT2D eigenvalue weighted by Gasteiger charge is -2.20. The van der Waals surface area contributed by atoms with Crippen LogP contribution < -0.4 is 15.4 Å². The van der Waals surface area contributed by atoms with Crippen LogP contribution in [0, 0.1) is 0 Å². The Morgan fingerprint density at radius 2 is 1.65 bits per heavy atom. The second-order valence-corrected chi connectivity index (χ2v) is 6.71. The highest BCUT2D eigenvalue weighted by molar-refractivity contribution is 5.95. The smallest absolute Gasteiger partial charge is 0.344 e. The summed E-state index contributed by atoms with van der Waals surface area (Å²) in [5.41, 5.74) is -0.477. The number of esters is 1. The van der Waals surface area contributed by atoms with Crippen molar-refractivity contribution in [1.29, 1.82) is 0 Å². The van der Waals surface area contributed by atoms with Gasteiger partial charge in [0.05, 0.1) is 0 Å². The monoisotopic (exact) mass is 358 g/mol. The molecule has 0 unspecified atom stereocenters. The molecule has 3 amide bonds. The zero-order valence-corrected chi connectivity index (χ0v) is 15.0. The summed E-state index contributed by atoms with van der Waals surface area (Å²) in [6.45, 7) is 4.45. The van der Waals surface area contributed by atoms with Gasteiger partial charge in [-0.3, -0.25) is 10.1 Å². The van der Waals surface area contributed by atoms with E-state index in [2.05, 4.69) is 10.6 Å². The number of benzene rings is 2. The Morgan fingerprint density at radius 1 is 0.962 bits per heavy atom. The molecule has 7 nitrogen and oxygen atoms in total. The molecule has 2 aromatic carbocycles. The number of imide groups is 1. The maximum Gasteiger partial charge on any atom is 0.344 e. The number of rotatable bonds is 5. The standard InChI is InChI=1S/C19H22N2O5/c1-19(2,3)21-18(24)20-16(22)11-26-17(23)12-25-15-9-8-13-6-4-5-7-14(13)10-15/h4-10H,11-12H2,1-3H3,(H2,20,21,22,24). The average Bonchev–Trinajstić information content (AvgIpc) is 2.56. The fraction of sp³-hybridized carbons (Fsp3) is 0.316. The van der Waals surface area contributed by atoms with Gasteiger partial charge in [-0.2, -0.15) is 0 Å². The van der Waals surface area contributed by atoms with Crippen LogP contribution in [-0.4, -0.2) is 36.7 Å². The van der Waals surface area contributed by atoms with Crippen LogP contribution in [0.2, 0.25) is 0 Å². The number of hydrogen-bond acceptors (Lipinski definition) is 5. The van der Waals surface area contributed by atoms with Crippen molar-refractivity contribution in [1.82, 2.24) is 10.6 Å². The zero-order valence-electron chi connectivity index (χ0n) is 15.0. The minimum atomic E-state index is -0.717. The van der Waals surface area contributed by atoms with Crippen molar-refractivity contribution in [2.45, 2.75) is 26.3 Å². The van der Waals surface area contributed by atoms with Crippen molar-refractivity contribution in [3.8, 4) is 5.75 Å². The quantitative estimate of drug-likeness (QED) is 0.801. The Morgan fingerprint density at radius 3 is 2.35 bits per heavy atom. The maximum atomic E-state index is 11.7. The fourth-order valence-electron chi connectivity index (χ4n) is 2.12. The molecule has 0 bridgehead atoms. The number of fused-ring (bicyclic) bond motifs is 1. The van der Waals surface area contributed by atoms with Crippen molar-refractivity contribution >= 4 is 28.7 Å².